The second kappa shape index (κ2) is 10.1. The van der Waals surface area contributed by atoms with Crippen molar-refractivity contribution in [2.24, 2.45) is 11.8 Å². The maximum absolute atomic E-state index is 12.8. The van der Waals surface area contributed by atoms with Crippen molar-refractivity contribution in [3.8, 4) is 0 Å². The number of carbonyl (C=O) groups is 2. The lowest BCUT2D eigenvalue weighted by Crippen LogP contribution is -2.53. The first kappa shape index (κ1) is 20.2. The van der Waals surface area contributed by atoms with Gasteiger partial charge < -0.3 is 15.5 Å². The monoisotopic (exact) mass is 345 g/mol. The second-order valence-corrected chi connectivity index (χ2v) is 6.80. The summed E-state index contributed by atoms with van der Waals surface area (Å²) in [5.41, 5.74) is 0. The van der Waals surface area contributed by atoms with E-state index in [9.17, 15) is 9.59 Å². The molecule has 2 rings (SSSR count). The minimum Gasteiger partial charge on any atom is -0.344 e. The SMILES string of the molecule is CCNCC1CCN(C(=O)C(NC(C)=O)C2CCCC2)CC1.Cl. The van der Waals surface area contributed by atoms with Gasteiger partial charge in [0.2, 0.25) is 11.8 Å². The van der Waals surface area contributed by atoms with Gasteiger partial charge in [-0.05, 0) is 50.6 Å². The minimum atomic E-state index is -0.301. The zero-order valence-corrected chi connectivity index (χ0v) is 15.3. The van der Waals surface area contributed by atoms with Crippen molar-refractivity contribution in [3.05, 3.63) is 0 Å². The van der Waals surface area contributed by atoms with Gasteiger partial charge >= 0.3 is 0 Å². The molecule has 0 aromatic rings. The molecule has 0 spiro atoms. The van der Waals surface area contributed by atoms with Crippen molar-refractivity contribution >= 4 is 24.2 Å². The molecule has 1 unspecified atom stereocenters. The van der Waals surface area contributed by atoms with Crippen LogP contribution in [0, 0.1) is 11.8 Å². The van der Waals surface area contributed by atoms with Crippen LogP contribution in [0.15, 0.2) is 0 Å². The zero-order valence-electron chi connectivity index (χ0n) is 14.5. The first-order chi connectivity index (χ1) is 10.6. The molecule has 1 saturated heterocycles. The van der Waals surface area contributed by atoms with E-state index in [0.717, 1.165) is 51.9 Å². The summed E-state index contributed by atoms with van der Waals surface area (Å²) in [6.45, 7) is 7.35. The summed E-state index contributed by atoms with van der Waals surface area (Å²) in [6.07, 6.45) is 6.62. The fourth-order valence-corrected chi connectivity index (χ4v) is 3.79. The number of likely N-dealkylation sites (tertiary alicyclic amines) is 1. The molecule has 1 heterocycles. The van der Waals surface area contributed by atoms with Crippen molar-refractivity contribution in [2.75, 3.05) is 26.2 Å². The fraction of sp³-hybridized carbons (Fsp3) is 0.882. The van der Waals surface area contributed by atoms with Crippen molar-refractivity contribution in [3.63, 3.8) is 0 Å². The van der Waals surface area contributed by atoms with Gasteiger partial charge in [0.05, 0.1) is 0 Å². The smallest absolute Gasteiger partial charge is 0.245 e. The van der Waals surface area contributed by atoms with E-state index in [-0.39, 0.29) is 30.3 Å². The molecule has 0 bridgehead atoms. The Kier molecular flexibility index (Phi) is 8.92. The molecule has 1 saturated carbocycles. The van der Waals surface area contributed by atoms with Gasteiger partial charge in [0, 0.05) is 20.0 Å². The molecule has 2 N–H and O–H groups in total. The van der Waals surface area contributed by atoms with Gasteiger partial charge in [-0.15, -0.1) is 12.4 Å². The third kappa shape index (κ3) is 5.96. The van der Waals surface area contributed by atoms with Crippen LogP contribution in [0.5, 0.6) is 0 Å². The van der Waals surface area contributed by atoms with E-state index in [2.05, 4.69) is 17.6 Å². The Labute approximate surface area is 146 Å². The molecular weight excluding hydrogens is 314 g/mol. The lowest BCUT2D eigenvalue weighted by atomic mass is 9.93. The van der Waals surface area contributed by atoms with Crippen LogP contribution in [0.4, 0.5) is 0 Å². The number of amides is 2. The van der Waals surface area contributed by atoms with Gasteiger partial charge in [0.25, 0.3) is 0 Å². The summed E-state index contributed by atoms with van der Waals surface area (Å²) in [7, 11) is 0. The molecule has 0 radical (unpaired) electrons. The number of carbonyl (C=O) groups excluding carboxylic acids is 2. The molecule has 23 heavy (non-hydrogen) atoms. The summed E-state index contributed by atoms with van der Waals surface area (Å²) in [5, 5.41) is 6.32. The Balaban J connectivity index is 0.00000264. The van der Waals surface area contributed by atoms with E-state index in [1.165, 1.54) is 19.8 Å². The summed E-state index contributed by atoms with van der Waals surface area (Å²) in [4.78, 5) is 26.3. The van der Waals surface area contributed by atoms with Crippen LogP contribution < -0.4 is 10.6 Å². The number of halogens is 1. The lowest BCUT2D eigenvalue weighted by Gasteiger charge is -2.36. The maximum Gasteiger partial charge on any atom is 0.245 e. The predicted molar refractivity (Wildman–Crippen MR) is 94.7 cm³/mol. The summed E-state index contributed by atoms with van der Waals surface area (Å²) in [6, 6.07) is -0.301. The molecule has 134 valence electrons. The number of hydrogen-bond donors (Lipinski definition) is 2. The Morgan fingerprint density at radius 2 is 1.74 bits per heavy atom. The number of rotatable bonds is 6. The molecule has 1 aliphatic heterocycles. The average molecular weight is 346 g/mol. The van der Waals surface area contributed by atoms with Gasteiger partial charge in [-0.1, -0.05) is 19.8 Å². The number of piperidine rings is 1. The molecule has 1 atom stereocenters. The first-order valence-electron chi connectivity index (χ1n) is 8.88. The van der Waals surface area contributed by atoms with Gasteiger partial charge in [-0.3, -0.25) is 9.59 Å². The molecule has 2 aliphatic rings. The Hall–Kier alpha value is -0.810. The third-order valence-electron chi connectivity index (χ3n) is 5.11. The van der Waals surface area contributed by atoms with Crippen molar-refractivity contribution in [1.29, 1.82) is 0 Å². The Morgan fingerprint density at radius 1 is 1.13 bits per heavy atom. The standard InChI is InChI=1S/C17H31N3O2.ClH/c1-3-18-12-14-8-10-20(11-9-14)17(22)16(19-13(2)21)15-6-4-5-7-15;/h14-16,18H,3-12H2,1-2H3,(H,19,21);1H. The van der Waals surface area contributed by atoms with E-state index >= 15 is 0 Å². The second-order valence-electron chi connectivity index (χ2n) is 6.80. The zero-order chi connectivity index (χ0) is 15.9. The van der Waals surface area contributed by atoms with Gasteiger partial charge in [0.1, 0.15) is 6.04 Å². The molecular formula is C17H32ClN3O2. The van der Waals surface area contributed by atoms with E-state index < -0.39 is 0 Å². The van der Waals surface area contributed by atoms with E-state index in [0.29, 0.717) is 11.8 Å². The van der Waals surface area contributed by atoms with Gasteiger partial charge in [-0.2, -0.15) is 0 Å². The summed E-state index contributed by atoms with van der Waals surface area (Å²) < 4.78 is 0. The number of hydrogen-bond acceptors (Lipinski definition) is 3. The normalized spacial score (nSPS) is 20.9. The Morgan fingerprint density at radius 3 is 2.26 bits per heavy atom. The summed E-state index contributed by atoms with van der Waals surface area (Å²) >= 11 is 0. The highest BCUT2D eigenvalue weighted by Crippen LogP contribution is 2.29. The van der Waals surface area contributed by atoms with Gasteiger partial charge in [-0.25, -0.2) is 0 Å². The van der Waals surface area contributed by atoms with E-state index in [1.54, 1.807) is 0 Å². The van der Waals surface area contributed by atoms with Crippen LogP contribution in [0.3, 0.4) is 0 Å². The predicted octanol–water partition coefficient (Wildman–Crippen LogP) is 1.95. The molecule has 2 amide bonds. The Bertz CT molecular complexity index is 378. The van der Waals surface area contributed by atoms with Crippen LogP contribution >= 0.6 is 12.4 Å². The van der Waals surface area contributed by atoms with Crippen molar-refractivity contribution in [1.82, 2.24) is 15.5 Å². The van der Waals surface area contributed by atoms with Crippen molar-refractivity contribution in [2.45, 2.75) is 58.4 Å². The topological polar surface area (TPSA) is 61.4 Å². The largest absolute Gasteiger partial charge is 0.344 e. The molecule has 6 heteroatoms. The molecule has 0 aromatic carbocycles. The highest BCUT2D eigenvalue weighted by atomic mass is 35.5. The van der Waals surface area contributed by atoms with E-state index in [1.807, 2.05) is 4.90 Å². The molecule has 2 fully saturated rings. The maximum atomic E-state index is 12.8. The molecule has 1 aliphatic carbocycles. The van der Waals surface area contributed by atoms with Crippen molar-refractivity contribution < 1.29 is 9.59 Å². The summed E-state index contributed by atoms with van der Waals surface area (Å²) in [5.74, 6) is 1.06. The fourth-order valence-electron chi connectivity index (χ4n) is 3.79. The van der Waals surface area contributed by atoms with Crippen LogP contribution in [-0.2, 0) is 9.59 Å². The lowest BCUT2D eigenvalue weighted by molar-refractivity contribution is -0.138. The quantitative estimate of drug-likeness (QED) is 0.773. The van der Waals surface area contributed by atoms with Crippen LogP contribution in [0.25, 0.3) is 0 Å². The average Bonchev–Trinajstić information content (AvgIpc) is 3.04. The highest BCUT2D eigenvalue weighted by molar-refractivity contribution is 5.87. The third-order valence-corrected chi connectivity index (χ3v) is 5.11. The molecule has 5 nitrogen and oxygen atoms in total. The number of nitrogens with zero attached hydrogens (tertiary/aromatic N) is 1. The number of nitrogens with one attached hydrogen (secondary N) is 2. The van der Waals surface area contributed by atoms with Gasteiger partial charge in [0.15, 0.2) is 0 Å². The minimum absolute atomic E-state index is 0. The van der Waals surface area contributed by atoms with Crippen LogP contribution in [0.1, 0.15) is 52.4 Å². The van der Waals surface area contributed by atoms with Crippen LogP contribution in [-0.4, -0.2) is 48.9 Å². The molecule has 0 aromatic heterocycles. The van der Waals surface area contributed by atoms with Crippen LogP contribution in [0.2, 0.25) is 0 Å². The first-order valence-corrected chi connectivity index (χ1v) is 8.88. The highest BCUT2D eigenvalue weighted by Gasteiger charge is 2.35. The van der Waals surface area contributed by atoms with E-state index in [4.69, 9.17) is 0 Å².